The molecule has 0 aromatic rings. The van der Waals surface area contributed by atoms with Crippen molar-refractivity contribution in [2.75, 3.05) is 6.61 Å². The third kappa shape index (κ3) is 6.33. The fourth-order valence-electron chi connectivity index (χ4n) is 1.25. The van der Waals surface area contributed by atoms with Gasteiger partial charge in [-0.2, -0.15) is 5.26 Å². The molecule has 0 rings (SSSR count). The summed E-state index contributed by atoms with van der Waals surface area (Å²) in [7, 11) is 0. The second-order valence-electron chi connectivity index (χ2n) is 4.73. The first-order chi connectivity index (χ1) is 6.93. The Morgan fingerprint density at radius 3 is 2.47 bits per heavy atom. The second kappa shape index (κ2) is 6.67. The molecule has 4 nitrogen and oxygen atoms in total. The molecule has 0 spiro atoms. The van der Waals surface area contributed by atoms with E-state index in [9.17, 15) is 4.79 Å². The summed E-state index contributed by atoms with van der Waals surface area (Å²) in [4.78, 5) is 14.1. The van der Waals surface area contributed by atoms with Crippen molar-refractivity contribution in [1.82, 2.24) is 0 Å². The van der Waals surface area contributed by atoms with Gasteiger partial charge in [0.2, 0.25) is 0 Å². The van der Waals surface area contributed by atoms with Crippen molar-refractivity contribution in [2.45, 2.75) is 47.0 Å². The van der Waals surface area contributed by atoms with Gasteiger partial charge in [0.25, 0.3) is 0 Å². The molecule has 15 heavy (non-hydrogen) atoms. The summed E-state index contributed by atoms with van der Waals surface area (Å²) >= 11 is 0. The minimum Gasteiger partial charge on any atom is -0.432 e. The van der Waals surface area contributed by atoms with Crippen LogP contribution in [0, 0.1) is 11.3 Å². The van der Waals surface area contributed by atoms with Gasteiger partial charge >= 0.3 is 6.16 Å². The summed E-state index contributed by atoms with van der Waals surface area (Å²) in [5, 5.41) is 8.05. The van der Waals surface area contributed by atoms with Gasteiger partial charge in [-0.25, -0.2) is 4.79 Å². The topological polar surface area (TPSA) is 55.8 Å². The lowest BCUT2D eigenvalue weighted by Crippen LogP contribution is -2.25. The first-order valence-electron chi connectivity index (χ1n) is 5.41. The van der Waals surface area contributed by atoms with Crippen molar-refractivity contribution in [3.05, 3.63) is 0 Å². The highest BCUT2D eigenvalue weighted by atomic mass is 17.1. The second-order valence-corrected chi connectivity index (χ2v) is 4.73. The van der Waals surface area contributed by atoms with Gasteiger partial charge in [-0.1, -0.05) is 34.1 Å². The summed E-state index contributed by atoms with van der Waals surface area (Å²) in [5.74, 6) is 0.640. The van der Waals surface area contributed by atoms with E-state index in [1.807, 2.05) is 0 Å². The average molecular weight is 218 g/mol. The number of hydrogen-bond donors (Lipinski definition) is 1. The molecule has 4 heteroatoms. The smallest absolute Gasteiger partial charge is 0.432 e. The molecule has 0 saturated carbocycles. The van der Waals surface area contributed by atoms with E-state index in [1.165, 1.54) is 0 Å². The summed E-state index contributed by atoms with van der Waals surface area (Å²) < 4.78 is 4.77. The van der Waals surface area contributed by atoms with Gasteiger partial charge in [0.15, 0.2) is 0 Å². The van der Waals surface area contributed by atoms with Crippen molar-refractivity contribution >= 4 is 6.16 Å². The zero-order chi connectivity index (χ0) is 11.9. The Balaban J connectivity index is 4.01. The van der Waals surface area contributed by atoms with E-state index < -0.39 is 6.16 Å². The van der Waals surface area contributed by atoms with Crippen LogP contribution in [0.3, 0.4) is 0 Å². The van der Waals surface area contributed by atoms with Crippen molar-refractivity contribution < 1.29 is 19.7 Å². The van der Waals surface area contributed by atoms with Gasteiger partial charge in [-0.05, 0) is 18.8 Å². The van der Waals surface area contributed by atoms with Gasteiger partial charge in [-0.3, -0.25) is 4.89 Å². The summed E-state index contributed by atoms with van der Waals surface area (Å²) in [6.45, 7) is 8.75. The molecule has 0 bridgehead atoms. The fourth-order valence-corrected chi connectivity index (χ4v) is 1.25. The van der Waals surface area contributed by atoms with Crippen LogP contribution in [0.1, 0.15) is 47.0 Å². The lowest BCUT2D eigenvalue weighted by Gasteiger charge is -2.27. The van der Waals surface area contributed by atoms with Gasteiger partial charge in [0, 0.05) is 5.41 Å². The molecular weight excluding hydrogens is 196 g/mol. The van der Waals surface area contributed by atoms with Gasteiger partial charge < -0.3 is 4.74 Å². The van der Waals surface area contributed by atoms with Crippen LogP contribution in [0.2, 0.25) is 0 Å². The Bertz CT molecular complexity index is 191. The van der Waals surface area contributed by atoms with Crippen LogP contribution in [0.15, 0.2) is 0 Å². The SMILES string of the molecule is CCC(C)(CCC(C)C)COC(=O)OO. The molecule has 0 heterocycles. The largest absolute Gasteiger partial charge is 0.540 e. The van der Waals surface area contributed by atoms with Gasteiger partial charge in [-0.15, -0.1) is 0 Å². The predicted molar refractivity (Wildman–Crippen MR) is 57.5 cm³/mol. The van der Waals surface area contributed by atoms with Crippen LogP contribution in [0.25, 0.3) is 0 Å². The molecule has 0 fully saturated rings. The average Bonchev–Trinajstić information content (AvgIpc) is 2.23. The normalized spacial score (nSPS) is 14.8. The Hall–Kier alpha value is -0.770. The minimum absolute atomic E-state index is 0.0293. The maximum Gasteiger partial charge on any atom is 0.540 e. The van der Waals surface area contributed by atoms with Crippen molar-refractivity contribution in [1.29, 1.82) is 0 Å². The van der Waals surface area contributed by atoms with Crippen LogP contribution in [-0.4, -0.2) is 18.0 Å². The van der Waals surface area contributed by atoms with Crippen molar-refractivity contribution in [2.24, 2.45) is 11.3 Å². The standard InChI is InChI=1S/C11H22O4/c1-5-11(4,7-6-9(2)3)8-14-10(12)15-13/h9,13H,5-8H2,1-4H3. The molecule has 1 atom stereocenters. The Labute approximate surface area is 91.5 Å². The molecule has 90 valence electrons. The molecule has 0 aromatic carbocycles. The molecule has 0 aliphatic carbocycles. The first kappa shape index (κ1) is 14.2. The summed E-state index contributed by atoms with van der Waals surface area (Å²) in [5.41, 5.74) is -0.0293. The quantitative estimate of drug-likeness (QED) is 0.421. The van der Waals surface area contributed by atoms with Crippen LogP contribution in [0.5, 0.6) is 0 Å². The summed E-state index contributed by atoms with van der Waals surface area (Å²) in [6, 6.07) is 0. The Kier molecular flexibility index (Phi) is 6.32. The highest BCUT2D eigenvalue weighted by molar-refractivity contribution is 5.58. The zero-order valence-electron chi connectivity index (χ0n) is 10.1. The highest BCUT2D eigenvalue weighted by Crippen LogP contribution is 2.29. The molecule has 0 radical (unpaired) electrons. The molecule has 0 aromatic heterocycles. The Morgan fingerprint density at radius 1 is 1.47 bits per heavy atom. The lowest BCUT2D eigenvalue weighted by molar-refractivity contribution is -0.203. The van der Waals surface area contributed by atoms with Crippen LogP contribution < -0.4 is 0 Å². The highest BCUT2D eigenvalue weighted by Gasteiger charge is 2.24. The van der Waals surface area contributed by atoms with Crippen molar-refractivity contribution in [3.63, 3.8) is 0 Å². The van der Waals surface area contributed by atoms with Crippen LogP contribution >= 0.6 is 0 Å². The molecule has 0 aliphatic rings. The van der Waals surface area contributed by atoms with E-state index in [0.29, 0.717) is 5.92 Å². The van der Waals surface area contributed by atoms with E-state index in [-0.39, 0.29) is 12.0 Å². The maximum atomic E-state index is 10.6. The molecule has 0 aliphatic heterocycles. The minimum atomic E-state index is -1.03. The number of carbonyl (C=O) groups excluding carboxylic acids is 1. The number of ether oxygens (including phenoxy) is 1. The van der Waals surface area contributed by atoms with E-state index in [0.717, 1.165) is 19.3 Å². The molecule has 0 amide bonds. The molecule has 0 saturated heterocycles. The monoisotopic (exact) mass is 218 g/mol. The first-order valence-corrected chi connectivity index (χ1v) is 5.41. The van der Waals surface area contributed by atoms with Gasteiger partial charge in [0.05, 0.1) is 0 Å². The number of hydrogen-bond acceptors (Lipinski definition) is 4. The van der Waals surface area contributed by atoms with E-state index in [4.69, 9.17) is 9.99 Å². The summed E-state index contributed by atoms with van der Waals surface area (Å²) in [6.07, 6.45) is 2.00. The van der Waals surface area contributed by atoms with Gasteiger partial charge in [0.1, 0.15) is 6.61 Å². The Morgan fingerprint density at radius 2 is 2.07 bits per heavy atom. The van der Waals surface area contributed by atoms with E-state index >= 15 is 0 Å². The fraction of sp³-hybridized carbons (Fsp3) is 0.909. The molecule has 1 unspecified atom stereocenters. The predicted octanol–water partition coefficient (Wildman–Crippen LogP) is 3.47. The zero-order valence-corrected chi connectivity index (χ0v) is 10.1. The maximum absolute atomic E-state index is 10.6. The van der Waals surface area contributed by atoms with Crippen molar-refractivity contribution in [3.8, 4) is 0 Å². The van der Waals surface area contributed by atoms with Crippen LogP contribution in [-0.2, 0) is 9.62 Å². The third-order valence-corrected chi connectivity index (χ3v) is 2.79. The van der Waals surface area contributed by atoms with E-state index in [2.05, 4.69) is 32.6 Å². The van der Waals surface area contributed by atoms with Crippen LogP contribution in [0.4, 0.5) is 4.79 Å². The van der Waals surface area contributed by atoms with E-state index in [1.54, 1.807) is 0 Å². The molecule has 1 N–H and O–H groups in total. The number of rotatable bonds is 6. The number of carbonyl (C=O) groups is 1. The lowest BCUT2D eigenvalue weighted by atomic mass is 9.82. The third-order valence-electron chi connectivity index (χ3n) is 2.79. The molecular formula is C11H22O4.